The molecule has 43 heavy (non-hydrogen) atoms. The first-order chi connectivity index (χ1) is 20.3. The van der Waals surface area contributed by atoms with E-state index in [0.717, 1.165) is 24.8 Å². The monoisotopic (exact) mass is 597 g/mol. The van der Waals surface area contributed by atoms with Gasteiger partial charge in [-0.15, -0.1) is 0 Å². The first-order valence-corrected chi connectivity index (χ1v) is 15.7. The van der Waals surface area contributed by atoms with Crippen molar-refractivity contribution in [3.8, 4) is 0 Å². The topological polar surface area (TPSA) is 122 Å². The van der Waals surface area contributed by atoms with Crippen molar-refractivity contribution in [2.75, 3.05) is 25.6 Å². The van der Waals surface area contributed by atoms with Crippen molar-refractivity contribution in [1.82, 2.24) is 10.6 Å². The Morgan fingerprint density at radius 3 is 2.42 bits per heavy atom. The number of hydrogen-bond donors (Lipinski definition) is 3. The molecule has 3 amide bonds. The van der Waals surface area contributed by atoms with E-state index < -0.39 is 0 Å². The second kappa shape index (κ2) is 13.5. The molecule has 9 heteroatoms. The minimum Gasteiger partial charge on any atom is -0.379 e. The molecule has 9 nitrogen and oxygen atoms in total. The third-order valence-electron chi connectivity index (χ3n) is 9.19. The van der Waals surface area contributed by atoms with Crippen molar-refractivity contribution in [1.29, 1.82) is 0 Å². The average molecular weight is 598 g/mol. The van der Waals surface area contributed by atoms with Crippen molar-refractivity contribution in [3.63, 3.8) is 0 Å². The fraction of sp³-hybridized carbons (Fsp3) is 0.676. The van der Waals surface area contributed by atoms with Crippen LogP contribution in [0.2, 0.25) is 0 Å². The number of allylic oxidation sites excluding steroid dienone is 1. The normalized spacial score (nSPS) is 29.5. The molecule has 1 aliphatic carbocycles. The molecule has 1 spiro atoms. The number of carbonyl (C=O) groups is 3. The fourth-order valence-corrected chi connectivity index (χ4v) is 6.44. The molecule has 1 saturated carbocycles. The van der Waals surface area contributed by atoms with Crippen molar-refractivity contribution in [2.24, 2.45) is 11.3 Å². The lowest BCUT2D eigenvalue weighted by atomic mass is 9.67. The first kappa shape index (κ1) is 33.1. The number of epoxide rings is 2. The number of anilines is 1. The van der Waals surface area contributed by atoms with Crippen LogP contribution < -0.4 is 16.0 Å². The van der Waals surface area contributed by atoms with E-state index in [-0.39, 0.29) is 58.5 Å². The summed E-state index contributed by atoms with van der Waals surface area (Å²) in [5.74, 6) is 0.113. The van der Waals surface area contributed by atoms with Gasteiger partial charge in [0.05, 0.1) is 30.5 Å². The van der Waals surface area contributed by atoms with E-state index in [4.69, 9.17) is 14.2 Å². The van der Waals surface area contributed by atoms with Crippen molar-refractivity contribution >= 4 is 23.4 Å². The standard InChI is InChI=1S/C34H51N3O6/c1-22(2)11-16-27-33(6,43-27)30-29(41-7)25(17-19-34(30)21-42-34)37-31(40)35-20-18-23-12-14-24(15-13-23)36-28(39)10-8-9-26(38)32(3,4)5/h11-15,25,27,29-30H,8-10,16-21H2,1-7H3,(H,36,39)(H2,35,37,40)/t25-,27-,29-,30-,33-,34+/m1/s1. The minimum atomic E-state index is -0.374. The molecule has 3 fully saturated rings. The molecule has 1 aromatic rings. The van der Waals surface area contributed by atoms with Crippen LogP contribution in [0.3, 0.4) is 0 Å². The smallest absolute Gasteiger partial charge is 0.315 e. The van der Waals surface area contributed by atoms with Gasteiger partial charge >= 0.3 is 6.03 Å². The Labute approximate surface area is 256 Å². The number of ether oxygens (including phenoxy) is 3. The number of benzene rings is 1. The zero-order valence-corrected chi connectivity index (χ0v) is 27.0. The SMILES string of the molecule is CO[C@@H]1[C@H](NC(=O)NCCc2ccc(NC(=O)CCCC(=O)C(C)(C)C)cc2)CC[C@]2(CO2)[C@H]1[C@]1(C)O[C@@H]1CC=C(C)C. The van der Waals surface area contributed by atoms with Gasteiger partial charge in [-0.05, 0) is 70.6 Å². The minimum absolute atomic E-state index is 0.0459. The predicted molar refractivity (Wildman–Crippen MR) is 167 cm³/mol. The predicted octanol–water partition coefficient (Wildman–Crippen LogP) is 5.33. The molecular weight excluding hydrogens is 546 g/mol. The van der Waals surface area contributed by atoms with Crippen LogP contribution in [0.5, 0.6) is 0 Å². The van der Waals surface area contributed by atoms with Crippen LogP contribution >= 0.6 is 0 Å². The number of amides is 3. The van der Waals surface area contributed by atoms with Gasteiger partial charge in [0.25, 0.3) is 0 Å². The molecular formula is C34H51N3O6. The summed E-state index contributed by atoms with van der Waals surface area (Å²) in [5.41, 5.74) is 2.11. The highest BCUT2D eigenvalue weighted by Gasteiger charge is 2.71. The van der Waals surface area contributed by atoms with Crippen LogP contribution in [-0.4, -0.2) is 67.4 Å². The average Bonchev–Trinajstić information content (AvgIpc) is 3.85. The molecule has 238 valence electrons. The highest BCUT2D eigenvalue weighted by molar-refractivity contribution is 5.91. The Bertz CT molecular complexity index is 1180. The summed E-state index contributed by atoms with van der Waals surface area (Å²) < 4.78 is 18.3. The summed E-state index contributed by atoms with van der Waals surface area (Å²) in [7, 11) is 1.71. The van der Waals surface area contributed by atoms with Gasteiger partial charge in [-0.1, -0.05) is 44.6 Å². The van der Waals surface area contributed by atoms with E-state index in [2.05, 4.69) is 42.8 Å². The van der Waals surface area contributed by atoms with E-state index in [1.807, 2.05) is 45.0 Å². The van der Waals surface area contributed by atoms with Crippen molar-refractivity contribution in [2.45, 2.75) is 116 Å². The van der Waals surface area contributed by atoms with E-state index in [1.165, 1.54) is 5.57 Å². The molecule has 0 unspecified atom stereocenters. The molecule has 0 bridgehead atoms. The summed E-state index contributed by atoms with van der Waals surface area (Å²) in [6, 6.07) is 7.27. The summed E-state index contributed by atoms with van der Waals surface area (Å²) in [4.78, 5) is 37.2. The van der Waals surface area contributed by atoms with Crippen molar-refractivity contribution in [3.05, 3.63) is 41.5 Å². The fourth-order valence-electron chi connectivity index (χ4n) is 6.44. The quantitative estimate of drug-likeness (QED) is 0.209. The molecule has 3 N–H and O–H groups in total. The summed E-state index contributed by atoms with van der Waals surface area (Å²) in [5, 5.41) is 9.04. The molecule has 0 radical (unpaired) electrons. The second-order valence-electron chi connectivity index (χ2n) is 13.9. The summed E-state index contributed by atoms with van der Waals surface area (Å²) >= 11 is 0. The third kappa shape index (κ3) is 8.46. The summed E-state index contributed by atoms with van der Waals surface area (Å²) in [6.07, 6.45) is 6.58. The highest BCUT2D eigenvalue weighted by Crippen LogP contribution is 2.59. The van der Waals surface area contributed by atoms with Gasteiger partial charge in [0, 0.05) is 43.5 Å². The lowest BCUT2D eigenvalue weighted by Gasteiger charge is -2.43. The Kier molecular flexibility index (Phi) is 10.4. The molecule has 6 atom stereocenters. The maximum atomic E-state index is 12.9. The first-order valence-electron chi connectivity index (χ1n) is 15.7. The molecule has 2 heterocycles. The van der Waals surface area contributed by atoms with Gasteiger partial charge in [0.2, 0.25) is 5.91 Å². The maximum absolute atomic E-state index is 12.9. The Hall–Kier alpha value is -2.75. The van der Waals surface area contributed by atoms with E-state index >= 15 is 0 Å². The van der Waals surface area contributed by atoms with Crippen molar-refractivity contribution < 1.29 is 28.6 Å². The van der Waals surface area contributed by atoms with Gasteiger partial charge in [-0.2, -0.15) is 0 Å². The highest BCUT2D eigenvalue weighted by atomic mass is 16.6. The number of Topliss-reactive ketones (excluding diaryl/α,β-unsaturated/α-hetero) is 1. The lowest BCUT2D eigenvalue weighted by molar-refractivity contribution is -0.126. The van der Waals surface area contributed by atoms with Gasteiger partial charge in [0.15, 0.2) is 0 Å². The molecule has 2 aliphatic heterocycles. The van der Waals surface area contributed by atoms with Crippen LogP contribution in [0, 0.1) is 11.3 Å². The van der Waals surface area contributed by atoms with Gasteiger partial charge in [0.1, 0.15) is 11.4 Å². The van der Waals surface area contributed by atoms with Crippen LogP contribution in [0.1, 0.15) is 85.6 Å². The number of hydrogen-bond acceptors (Lipinski definition) is 6. The number of methoxy groups -OCH3 is 1. The van der Waals surface area contributed by atoms with Gasteiger partial charge < -0.3 is 30.2 Å². The van der Waals surface area contributed by atoms with E-state index in [0.29, 0.717) is 44.5 Å². The molecule has 4 rings (SSSR count). The Morgan fingerprint density at radius 2 is 1.81 bits per heavy atom. The van der Waals surface area contributed by atoms with Crippen LogP contribution in [0.15, 0.2) is 35.9 Å². The molecule has 1 aromatic carbocycles. The van der Waals surface area contributed by atoms with Crippen LogP contribution in [-0.2, 0) is 30.2 Å². The van der Waals surface area contributed by atoms with Gasteiger partial charge in [-0.25, -0.2) is 4.79 Å². The molecule has 0 aromatic heterocycles. The molecule has 3 aliphatic rings. The van der Waals surface area contributed by atoms with E-state index in [1.54, 1.807) is 7.11 Å². The van der Waals surface area contributed by atoms with Crippen LogP contribution in [0.4, 0.5) is 10.5 Å². The maximum Gasteiger partial charge on any atom is 0.315 e. The number of nitrogens with one attached hydrogen (secondary N) is 3. The number of urea groups is 1. The van der Waals surface area contributed by atoms with Gasteiger partial charge in [-0.3, -0.25) is 9.59 Å². The zero-order chi connectivity index (χ0) is 31.4. The zero-order valence-electron chi connectivity index (χ0n) is 27.0. The summed E-state index contributed by atoms with van der Waals surface area (Å²) in [6.45, 7) is 13.2. The number of ketones is 1. The number of carbonyl (C=O) groups excluding carboxylic acids is 3. The third-order valence-corrected chi connectivity index (χ3v) is 9.19. The largest absolute Gasteiger partial charge is 0.379 e. The number of rotatable bonds is 13. The Morgan fingerprint density at radius 1 is 1.12 bits per heavy atom. The second-order valence-corrected chi connectivity index (χ2v) is 13.9. The Balaban J connectivity index is 1.21. The molecule has 2 saturated heterocycles. The lowest BCUT2D eigenvalue weighted by Crippen LogP contribution is -2.60. The van der Waals surface area contributed by atoms with E-state index in [9.17, 15) is 14.4 Å². The van der Waals surface area contributed by atoms with Crippen LogP contribution in [0.25, 0.3) is 0 Å².